The highest BCUT2D eigenvalue weighted by atomic mass is 127. The van der Waals surface area contributed by atoms with E-state index in [-0.39, 0.29) is 35.9 Å². The van der Waals surface area contributed by atoms with Crippen molar-refractivity contribution in [3.63, 3.8) is 0 Å². The zero-order chi connectivity index (χ0) is 17.2. The molecule has 1 saturated carbocycles. The van der Waals surface area contributed by atoms with Crippen molar-refractivity contribution in [3.05, 3.63) is 0 Å². The molecule has 0 radical (unpaired) electrons. The summed E-state index contributed by atoms with van der Waals surface area (Å²) in [6.07, 6.45) is 5.51. The number of aliphatic imine (C=N–C) groups is 1. The summed E-state index contributed by atoms with van der Waals surface area (Å²) in [6.45, 7) is 9.30. The molecule has 2 fully saturated rings. The van der Waals surface area contributed by atoms with Gasteiger partial charge < -0.3 is 19.7 Å². The van der Waals surface area contributed by atoms with Crippen LogP contribution in [0.5, 0.6) is 0 Å². The number of ether oxygens (including phenoxy) is 2. The smallest absolute Gasteiger partial charge is 0.310 e. The first kappa shape index (κ1) is 22.5. The van der Waals surface area contributed by atoms with Gasteiger partial charge in [-0.2, -0.15) is 0 Å². The number of carbonyl (C=O) groups excluding carboxylic acids is 1. The lowest BCUT2D eigenvalue weighted by Crippen LogP contribution is -2.48. The zero-order valence-corrected chi connectivity index (χ0v) is 18.0. The maximum atomic E-state index is 12.0. The Morgan fingerprint density at radius 2 is 2.08 bits per heavy atom. The first-order valence-corrected chi connectivity index (χ1v) is 9.52. The van der Waals surface area contributed by atoms with Gasteiger partial charge in [-0.05, 0) is 51.9 Å². The molecular formula is C18H34IN3O3. The van der Waals surface area contributed by atoms with Gasteiger partial charge in [0.15, 0.2) is 5.96 Å². The second-order valence-electron chi connectivity index (χ2n) is 6.64. The number of guanidine groups is 1. The Morgan fingerprint density at radius 1 is 1.28 bits per heavy atom. The van der Waals surface area contributed by atoms with Crippen LogP contribution in [-0.4, -0.2) is 62.8 Å². The van der Waals surface area contributed by atoms with Crippen LogP contribution in [0.25, 0.3) is 0 Å². The molecular weight excluding hydrogens is 433 g/mol. The molecule has 0 bridgehead atoms. The number of nitrogens with zero attached hydrogens (tertiary/aromatic N) is 2. The Kier molecular flexibility index (Phi) is 11.4. The average Bonchev–Trinajstić information content (AvgIpc) is 3.41. The molecule has 0 amide bonds. The topological polar surface area (TPSA) is 63.2 Å². The first-order chi connectivity index (χ1) is 11.7. The standard InChI is InChI=1S/C18H33N3O3.HI/c1-3-19-18(20-10-6-12-23-14-15-8-9-15)21-11-5-7-16(13-21)17(22)24-4-2;/h15-16H,3-14H2,1-2H3,(H,19,20);1H. The van der Waals surface area contributed by atoms with Crippen LogP contribution < -0.4 is 5.32 Å². The minimum Gasteiger partial charge on any atom is -0.466 e. The Bertz CT molecular complexity index is 416. The van der Waals surface area contributed by atoms with Gasteiger partial charge >= 0.3 is 5.97 Å². The molecule has 1 aliphatic heterocycles. The van der Waals surface area contributed by atoms with E-state index >= 15 is 0 Å². The van der Waals surface area contributed by atoms with Crippen molar-refractivity contribution in [2.24, 2.45) is 16.8 Å². The number of esters is 1. The van der Waals surface area contributed by atoms with Gasteiger partial charge in [-0.25, -0.2) is 0 Å². The van der Waals surface area contributed by atoms with E-state index in [0.717, 1.165) is 64.0 Å². The number of nitrogens with one attached hydrogen (secondary N) is 1. The fourth-order valence-corrected chi connectivity index (χ4v) is 2.93. The molecule has 0 aromatic carbocycles. The SMILES string of the molecule is CCNC(=NCCCOCC1CC1)N1CCCC(C(=O)OCC)C1.I. The minimum absolute atomic E-state index is 0. The van der Waals surface area contributed by atoms with Gasteiger partial charge in [0, 0.05) is 39.4 Å². The van der Waals surface area contributed by atoms with Crippen LogP contribution in [0.15, 0.2) is 4.99 Å². The molecule has 1 unspecified atom stereocenters. The Morgan fingerprint density at radius 3 is 2.76 bits per heavy atom. The molecule has 146 valence electrons. The van der Waals surface area contributed by atoms with Gasteiger partial charge in [-0.3, -0.25) is 9.79 Å². The van der Waals surface area contributed by atoms with Crippen LogP contribution >= 0.6 is 24.0 Å². The molecule has 0 aromatic rings. The van der Waals surface area contributed by atoms with Crippen LogP contribution in [-0.2, 0) is 14.3 Å². The first-order valence-electron chi connectivity index (χ1n) is 9.52. The van der Waals surface area contributed by atoms with Gasteiger partial charge in [0.05, 0.1) is 12.5 Å². The van der Waals surface area contributed by atoms with Gasteiger partial charge in [-0.1, -0.05) is 0 Å². The maximum absolute atomic E-state index is 12.0. The molecule has 1 atom stereocenters. The van der Waals surface area contributed by atoms with Crippen LogP contribution in [0.1, 0.15) is 46.0 Å². The van der Waals surface area contributed by atoms with Gasteiger partial charge in [0.2, 0.25) is 0 Å². The third kappa shape index (κ3) is 8.57. The largest absolute Gasteiger partial charge is 0.466 e. The number of rotatable bonds is 9. The molecule has 25 heavy (non-hydrogen) atoms. The van der Waals surface area contributed by atoms with Crippen molar-refractivity contribution >= 4 is 35.9 Å². The Labute approximate surface area is 169 Å². The Hall–Kier alpha value is -0.570. The van der Waals surface area contributed by atoms with E-state index in [0.29, 0.717) is 13.2 Å². The highest BCUT2D eigenvalue weighted by Crippen LogP contribution is 2.28. The molecule has 1 N–H and O–H groups in total. The minimum atomic E-state index is -0.0773. The third-order valence-corrected chi connectivity index (χ3v) is 4.43. The van der Waals surface area contributed by atoms with Gasteiger partial charge in [0.1, 0.15) is 0 Å². The summed E-state index contributed by atoms with van der Waals surface area (Å²) >= 11 is 0. The molecule has 1 heterocycles. The quantitative estimate of drug-likeness (QED) is 0.186. The number of likely N-dealkylation sites (tertiary alicyclic amines) is 1. The van der Waals surface area contributed by atoms with E-state index in [1.807, 2.05) is 6.92 Å². The van der Waals surface area contributed by atoms with E-state index < -0.39 is 0 Å². The highest BCUT2D eigenvalue weighted by Gasteiger charge is 2.28. The fourth-order valence-electron chi connectivity index (χ4n) is 2.93. The number of carbonyl (C=O) groups is 1. The normalized spacial score (nSPS) is 20.8. The van der Waals surface area contributed by atoms with Crippen molar-refractivity contribution in [1.82, 2.24) is 10.2 Å². The molecule has 1 saturated heterocycles. The molecule has 2 rings (SSSR count). The lowest BCUT2D eigenvalue weighted by molar-refractivity contribution is -0.149. The van der Waals surface area contributed by atoms with Crippen molar-refractivity contribution in [1.29, 1.82) is 0 Å². The van der Waals surface area contributed by atoms with Crippen molar-refractivity contribution in [2.45, 2.75) is 46.0 Å². The van der Waals surface area contributed by atoms with Crippen LogP contribution in [0.2, 0.25) is 0 Å². The number of halogens is 1. The number of hydrogen-bond donors (Lipinski definition) is 1. The van der Waals surface area contributed by atoms with Crippen LogP contribution in [0.3, 0.4) is 0 Å². The summed E-state index contributed by atoms with van der Waals surface area (Å²) in [4.78, 5) is 18.9. The third-order valence-electron chi connectivity index (χ3n) is 4.43. The number of piperidine rings is 1. The molecule has 0 aromatic heterocycles. The highest BCUT2D eigenvalue weighted by molar-refractivity contribution is 14.0. The number of hydrogen-bond acceptors (Lipinski definition) is 4. The van der Waals surface area contributed by atoms with Crippen molar-refractivity contribution in [2.75, 3.05) is 46.0 Å². The fraction of sp³-hybridized carbons (Fsp3) is 0.889. The van der Waals surface area contributed by atoms with E-state index in [9.17, 15) is 4.79 Å². The van der Waals surface area contributed by atoms with E-state index in [1.165, 1.54) is 12.8 Å². The summed E-state index contributed by atoms with van der Waals surface area (Å²) < 4.78 is 10.8. The average molecular weight is 467 g/mol. The maximum Gasteiger partial charge on any atom is 0.310 e. The molecule has 6 nitrogen and oxygen atoms in total. The summed E-state index contributed by atoms with van der Waals surface area (Å²) in [7, 11) is 0. The molecule has 2 aliphatic rings. The molecule has 0 spiro atoms. The monoisotopic (exact) mass is 467 g/mol. The Balaban J connectivity index is 0.00000312. The summed E-state index contributed by atoms with van der Waals surface area (Å²) in [5, 5.41) is 3.35. The van der Waals surface area contributed by atoms with E-state index in [1.54, 1.807) is 0 Å². The van der Waals surface area contributed by atoms with E-state index in [2.05, 4.69) is 17.1 Å². The van der Waals surface area contributed by atoms with Crippen LogP contribution in [0.4, 0.5) is 0 Å². The lowest BCUT2D eigenvalue weighted by Gasteiger charge is -2.34. The second-order valence-corrected chi connectivity index (χ2v) is 6.64. The molecule has 1 aliphatic carbocycles. The predicted molar refractivity (Wildman–Crippen MR) is 110 cm³/mol. The van der Waals surface area contributed by atoms with Gasteiger partial charge in [0.25, 0.3) is 0 Å². The summed E-state index contributed by atoms with van der Waals surface area (Å²) in [5.74, 6) is 1.61. The van der Waals surface area contributed by atoms with Gasteiger partial charge in [-0.15, -0.1) is 24.0 Å². The summed E-state index contributed by atoms with van der Waals surface area (Å²) in [6, 6.07) is 0. The lowest BCUT2D eigenvalue weighted by atomic mass is 9.98. The van der Waals surface area contributed by atoms with E-state index in [4.69, 9.17) is 14.5 Å². The van der Waals surface area contributed by atoms with Crippen molar-refractivity contribution < 1.29 is 14.3 Å². The molecule has 7 heteroatoms. The second kappa shape index (κ2) is 12.7. The summed E-state index contributed by atoms with van der Waals surface area (Å²) in [5.41, 5.74) is 0. The van der Waals surface area contributed by atoms with Crippen molar-refractivity contribution in [3.8, 4) is 0 Å². The zero-order valence-electron chi connectivity index (χ0n) is 15.7. The van der Waals surface area contributed by atoms with Crippen LogP contribution in [0, 0.1) is 11.8 Å². The predicted octanol–water partition coefficient (Wildman–Crippen LogP) is 2.66.